The molecule has 1 heterocycles. The van der Waals surface area contributed by atoms with Crippen molar-refractivity contribution in [2.24, 2.45) is 5.14 Å². The first-order valence-electron chi connectivity index (χ1n) is 8.78. The fourth-order valence-electron chi connectivity index (χ4n) is 2.73. The Morgan fingerprint density at radius 2 is 1.80 bits per heavy atom. The summed E-state index contributed by atoms with van der Waals surface area (Å²) in [4.78, 5) is 25.3. The van der Waals surface area contributed by atoms with Gasteiger partial charge < -0.3 is 14.6 Å². The molecule has 0 saturated heterocycles. The van der Waals surface area contributed by atoms with Crippen LogP contribution in [0, 0.1) is 13.8 Å². The Morgan fingerprint density at radius 1 is 1.10 bits per heavy atom. The highest BCUT2D eigenvalue weighted by molar-refractivity contribution is 7.89. The average Bonchev–Trinajstić information content (AvgIpc) is 3.10. The van der Waals surface area contributed by atoms with Gasteiger partial charge in [-0.2, -0.15) is 0 Å². The number of nitrogens with zero attached hydrogens (tertiary/aromatic N) is 1. The van der Waals surface area contributed by atoms with Gasteiger partial charge in [0.2, 0.25) is 16.1 Å². The molecule has 0 saturated carbocycles. The Bertz CT molecular complexity index is 1190. The molecule has 3 aromatic rings. The van der Waals surface area contributed by atoms with Crippen molar-refractivity contribution in [3.8, 4) is 0 Å². The summed E-state index contributed by atoms with van der Waals surface area (Å²) >= 11 is 0. The predicted octanol–water partition coefficient (Wildman–Crippen LogP) is 2.48. The Hall–Kier alpha value is -3.50. The summed E-state index contributed by atoms with van der Waals surface area (Å²) in [6, 6.07) is 13.8. The van der Waals surface area contributed by atoms with E-state index in [1.807, 2.05) is 0 Å². The molecule has 0 spiro atoms. The van der Waals surface area contributed by atoms with Crippen molar-refractivity contribution in [2.45, 2.75) is 24.8 Å². The third-order valence-electron chi connectivity index (χ3n) is 4.17. The van der Waals surface area contributed by atoms with Gasteiger partial charge in [-0.3, -0.25) is 4.79 Å². The number of benzene rings is 2. The quantitative estimate of drug-likeness (QED) is 0.573. The summed E-state index contributed by atoms with van der Waals surface area (Å²) in [5.74, 6) is -0.878. The standard InChI is InChI=1S/C20H19N3O6S/c1-12-8-9-15(11-16(12)30(21,26)27)20(25)28-18(14-6-4-3-5-7-14)19(24)22-17-10-13(2)29-23-17/h3-11,18H,1-2H3,(H2,21,26,27)(H,22,23,24). The number of primary sulfonamides is 1. The van der Waals surface area contributed by atoms with Gasteiger partial charge in [-0.05, 0) is 31.5 Å². The van der Waals surface area contributed by atoms with Crippen molar-refractivity contribution in [1.82, 2.24) is 5.16 Å². The molecule has 0 aliphatic rings. The first-order chi connectivity index (χ1) is 14.1. The van der Waals surface area contributed by atoms with E-state index in [1.54, 1.807) is 44.2 Å². The van der Waals surface area contributed by atoms with E-state index in [2.05, 4.69) is 10.5 Å². The van der Waals surface area contributed by atoms with Gasteiger partial charge in [-0.1, -0.05) is 41.6 Å². The molecule has 3 N–H and O–H groups in total. The molecule has 1 aromatic heterocycles. The van der Waals surface area contributed by atoms with Crippen LogP contribution in [0.4, 0.5) is 5.82 Å². The second kappa shape index (κ2) is 8.47. The number of nitrogens with two attached hydrogens (primary N) is 1. The van der Waals surface area contributed by atoms with Crippen LogP contribution in [0.2, 0.25) is 0 Å². The number of hydrogen-bond donors (Lipinski definition) is 2. The smallest absolute Gasteiger partial charge is 0.339 e. The number of rotatable bonds is 6. The largest absolute Gasteiger partial charge is 0.444 e. The maximum Gasteiger partial charge on any atom is 0.339 e. The summed E-state index contributed by atoms with van der Waals surface area (Å²) < 4.78 is 33.8. The number of aryl methyl sites for hydroxylation is 2. The minimum Gasteiger partial charge on any atom is -0.444 e. The molecule has 1 amide bonds. The van der Waals surface area contributed by atoms with Crippen LogP contribution in [0.5, 0.6) is 0 Å². The minimum atomic E-state index is -4.03. The topological polar surface area (TPSA) is 142 Å². The van der Waals surface area contributed by atoms with Crippen LogP contribution in [0.3, 0.4) is 0 Å². The zero-order valence-electron chi connectivity index (χ0n) is 16.2. The van der Waals surface area contributed by atoms with E-state index in [1.165, 1.54) is 18.2 Å². The van der Waals surface area contributed by atoms with Crippen LogP contribution in [-0.2, 0) is 19.6 Å². The fraction of sp³-hybridized carbons (Fsp3) is 0.150. The molecular weight excluding hydrogens is 410 g/mol. The molecule has 0 aliphatic heterocycles. The molecule has 156 valence electrons. The number of esters is 1. The second-order valence-corrected chi connectivity index (χ2v) is 8.06. The third kappa shape index (κ3) is 4.91. The first-order valence-corrected chi connectivity index (χ1v) is 10.3. The lowest BCUT2D eigenvalue weighted by atomic mass is 10.1. The van der Waals surface area contributed by atoms with E-state index in [4.69, 9.17) is 14.4 Å². The molecule has 0 radical (unpaired) electrons. The molecule has 0 aliphatic carbocycles. The lowest BCUT2D eigenvalue weighted by molar-refractivity contribution is -0.125. The van der Waals surface area contributed by atoms with Crippen molar-refractivity contribution in [3.63, 3.8) is 0 Å². The Labute approximate surface area is 172 Å². The van der Waals surface area contributed by atoms with E-state index in [-0.39, 0.29) is 16.3 Å². The molecule has 0 bridgehead atoms. The number of anilines is 1. The molecular formula is C20H19N3O6S. The number of ether oxygens (including phenoxy) is 1. The van der Waals surface area contributed by atoms with E-state index in [9.17, 15) is 18.0 Å². The highest BCUT2D eigenvalue weighted by atomic mass is 32.2. The van der Waals surface area contributed by atoms with Crippen LogP contribution in [0.25, 0.3) is 0 Å². The van der Waals surface area contributed by atoms with Crippen molar-refractivity contribution in [2.75, 3.05) is 5.32 Å². The number of carbonyl (C=O) groups is 2. The van der Waals surface area contributed by atoms with Gasteiger partial charge in [-0.15, -0.1) is 0 Å². The second-order valence-electron chi connectivity index (χ2n) is 6.53. The normalized spacial score (nSPS) is 12.2. The molecule has 10 heteroatoms. The Kier molecular flexibility index (Phi) is 5.99. The fourth-order valence-corrected chi connectivity index (χ4v) is 3.53. The summed E-state index contributed by atoms with van der Waals surface area (Å²) in [7, 11) is -4.03. The maximum atomic E-state index is 12.8. The molecule has 9 nitrogen and oxygen atoms in total. The minimum absolute atomic E-state index is 0.0596. The van der Waals surface area contributed by atoms with Crippen molar-refractivity contribution in [1.29, 1.82) is 0 Å². The van der Waals surface area contributed by atoms with E-state index in [0.29, 0.717) is 16.9 Å². The summed E-state index contributed by atoms with van der Waals surface area (Å²) in [5.41, 5.74) is 0.741. The molecule has 1 atom stereocenters. The number of sulfonamides is 1. The lowest BCUT2D eigenvalue weighted by Crippen LogP contribution is -2.26. The van der Waals surface area contributed by atoms with Gasteiger partial charge in [-0.25, -0.2) is 18.4 Å². The molecule has 2 aromatic carbocycles. The molecule has 0 fully saturated rings. The summed E-state index contributed by atoms with van der Waals surface area (Å²) in [5, 5.41) is 11.4. The number of carbonyl (C=O) groups excluding carboxylic acids is 2. The predicted molar refractivity (Wildman–Crippen MR) is 107 cm³/mol. The molecule has 3 rings (SSSR count). The van der Waals surface area contributed by atoms with Crippen molar-refractivity contribution in [3.05, 3.63) is 77.0 Å². The van der Waals surface area contributed by atoms with E-state index >= 15 is 0 Å². The van der Waals surface area contributed by atoms with E-state index < -0.39 is 28.0 Å². The van der Waals surface area contributed by atoms with Gasteiger partial charge in [0.05, 0.1) is 10.5 Å². The van der Waals surface area contributed by atoms with Crippen molar-refractivity contribution >= 4 is 27.7 Å². The van der Waals surface area contributed by atoms with Gasteiger partial charge in [0.15, 0.2) is 5.82 Å². The Morgan fingerprint density at radius 3 is 2.40 bits per heavy atom. The number of amides is 1. The van der Waals surface area contributed by atoms with E-state index in [0.717, 1.165) is 6.07 Å². The molecule has 1 unspecified atom stereocenters. The van der Waals surface area contributed by atoms with Crippen LogP contribution >= 0.6 is 0 Å². The SMILES string of the molecule is Cc1cc(NC(=O)C(OC(=O)c2ccc(C)c(S(N)(=O)=O)c2)c2ccccc2)no1. The van der Waals surface area contributed by atoms with Gasteiger partial charge >= 0.3 is 5.97 Å². The monoisotopic (exact) mass is 429 g/mol. The highest BCUT2D eigenvalue weighted by Gasteiger charge is 2.27. The van der Waals surface area contributed by atoms with Gasteiger partial charge in [0, 0.05) is 11.6 Å². The van der Waals surface area contributed by atoms with Crippen LogP contribution in [-0.4, -0.2) is 25.5 Å². The maximum absolute atomic E-state index is 12.8. The molecule has 30 heavy (non-hydrogen) atoms. The zero-order chi connectivity index (χ0) is 21.9. The van der Waals surface area contributed by atoms with Crippen LogP contribution in [0.15, 0.2) is 64.0 Å². The summed E-state index contributed by atoms with van der Waals surface area (Å²) in [6.45, 7) is 3.22. The lowest BCUT2D eigenvalue weighted by Gasteiger charge is -2.17. The average molecular weight is 429 g/mol. The van der Waals surface area contributed by atoms with Crippen LogP contribution in [0.1, 0.15) is 33.3 Å². The van der Waals surface area contributed by atoms with Crippen LogP contribution < -0.4 is 10.5 Å². The zero-order valence-corrected chi connectivity index (χ0v) is 17.0. The van der Waals surface area contributed by atoms with Crippen molar-refractivity contribution < 1.29 is 27.3 Å². The first kappa shape index (κ1) is 21.2. The Balaban J connectivity index is 1.90. The highest BCUT2D eigenvalue weighted by Crippen LogP contribution is 2.23. The van der Waals surface area contributed by atoms with Gasteiger partial charge in [0.25, 0.3) is 5.91 Å². The number of nitrogens with one attached hydrogen (secondary N) is 1. The summed E-state index contributed by atoms with van der Waals surface area (Å²) in [6.07, 6.45) is -1.31. The number of aromatic nitrogens is 1. The van der Waals surface area contributed by atoms with Gasteiger partial charge in [0.1, 0.15) is 5.76 Å². The number of hydrogen-bond acceptors (Lipinski definition) is 7. The third-order valence-corrected chi connectivity index (χ3v) is 5.23.